The number of nitrogens with zero attached hydrogens (tertiary/aromatic N) is 3. The normalized spacial score (nSPS) is 17.9. The van der Waals surface area contributed by atoms with Crippen molar-refractivity contribution in [3.05, 3.63) is 51.9 Å². The van der Waals surface area contributed by atoms with Gasteiger partial charge in [-0.2, -0.15) is 5.10 Å². The summed E-state index contributed by atoms with van der Waals surface area (Å²) in [6, 6.07) is 8.23. The first-order valence-corrected chi connectivity index (χ1v) is 11.0. The molecule has 28 heavy (non-hydrogen) atoms. The highest BCUT2D eigenvalue weighted by Crippen LogP contribution is 2.25. The van der Waals surface area contributed by atoms with Crippen molar-refractivity contribution in [3.8, 4) is 0 Å². The van der Waals surface area contributed by atoms with E-state index in [-0.39, 0.29) is 23.8 Å². The van der Waals surface area contributed by atoms with Gasteiger partial charge in [-0.1, -0.05) is 0 Å². The molecule has 2 heterocycles. The summed E-state index contributed by atoms with van der Waals surface area (Å²) in [5.74, 6) is -0.194. The predicted octanol–water partition coefficient (Wildman–Crippen LogP) is 1.30. The smallest absolute Gasteiger partial charge is 0.267 e. The van der Waals surface area contributed by atoms with E-state index in [1.807, 2.05) is 0 Å². The van der Waals surface area contributed by atoms with Crippen LogP contribution in [0.2, 0.25) is 0 Å². The topological polar surface area (TPSA) is 101 Å². The highest BCUT2D eigenvalue weighted by molar-refractivity contribution is 7.93. The van der Waals surface area contributed by atoms with Crippen molar-refractivity contribution < 1.29 is 13.2 Å². The third-order valence-corrected chi connectivity index (χ3v) is 6.98. The van der Waals surface area contributed by atoms with E-state index in [9.17, 15) is 18.0 Å². The molecule has 2 aliphatic rings. The van der Waals surface area contributed by atoms with Crippen molar-refractivity contribution in [1.29, 1.82) is 0 Å². The molecular weight excluding hydrogens is 380 g/mol. The molecule has 1 amide bonds. The minimum Gasteiger partial charge on any atom is -0.324 e. The summed E-state index contributed by atoms with van der Waals surface area (Å²) < 4.78 is 26.5. The molecule has 1 aromatic carbocycles. The van der Waals surface area contributed by atoms with Gasteiger partial charge in [0.25, 0.3) is 5.56 Å². The third-order valence-electron chi connectivity index (χ3n) is 5.11. The molecule has 148 valence electrons. The molecule has 1 aliphatic heterocycles. The number of hydrogen-bond donors (Lipinski definition) is 1. The maximum absolute atomic E-state index is 12.3. The first-order chi connectivity index (χ1) is 13.4. The van der Waals surface area contributed by atoms with Gasteiger partial charge in [0.05, 0.1) is 17.1 Å². The third kappa shape index (κ3) is 3.80. The van der Waals surface area contributed by atoms with E-state index in [0.29, 0.717) is 24.3 Å². The molecule has 1 aliphatic carbocycles. The molecule has 4 rings (SSSR count). The zero-order valence-corrected chi connectivity index (χ0v) is 16.2. The molecule has 1 aromatic heterocycles. The molecule has 0 unspecified atom stereocenters. The highest BCUT2D eigenvalue weighted by Gasteiger charge is 2.28. The first-order valence-electron chi connectivity index (χ1n) is 9.43. The zero-order valence-electron chi connectivity index (χ0n) is 15.4. The van der Waals surface area contributed by atoms with Crippen molar-refractivity contribution >= 4 is 27.3 Å². The van der Waals surface area contributed by atoms with Gasteiger partial charge >= 0.3 is 0 Å². The number of benzene rings is 1. The maximum Gasteiger partial charge on any atom is 0.267 e. The summed E-state index contributed by atoms with van der Waals surface area (Å²) in [7, 11) is -3.23. The number of rotatable bonds is 4. The number of carbonyl (C=O) groups excluding carboxylic acids is 1. The first kappa shape index (κ1) is 18.7. The number of fused-ring (bicyclic) bond motifs is 1. The van der Waals surface area contributed by atoms with Crippen LogP contribution in [0, 0.1) is 0 Å². The van der Waals surface area contributed by atoms with E-state index in [2.05, 4.69) is 10.4 Å². The van der Waals surface area contributed by atoms with Crippen LogP contribution in [0.4, 0.5) is 11.4 Å². The number of anilines is 2. The summed E-state index contributed by atoms with van der Waals surface area (Å²) in [6.07, 6.45) is 4.42. The van der Waals surface area contributed by atoms with Gasteiger partial charge in [-0.25, -0.2) is 13.1 Å². The van der Waals surface area contributed by atoms with E-state index in [1.54, 1.807) is 30.3 Å². The summed E-state index contributed by atoms with van der Waals surface area (Å²) in [6.45, 7) is 0.315. The Morgan fingerprint density at radius 2 is 1.86 bits per heavy atom. The Labute approximate surface area is 163 Å². The summed E-state index contributed by atoms with van der Waals surface area (Å²) >= 11 is 0. The lowest BCUT2D eigenvalue weighted by molar-refractivity contribution is -0.117. The summed E-state index contributed by atoms with van der Waals surface area (Å²) in [5.41, 5.74) is 2.74. The van der Waals surface area contributed by atoms with Crippen LogP contribution in [0.5, 0.6) is 0 Å². The molecule has 1 fully saturated rings. The van der Waals surface area contributed by atoms with Gasteiger partial charge in [-0.05, 0) is 61.9 Å². The van der Waals surface area contributed by atoms with E-state index < -0.39 is 10.0 Å². The minimum atomic E-state index is -3.23. The quantitative estimate of drug-likeness (QED) is 0.831. The van der Waals surface area contributed by atoms with E-state index in [4.69, 9.17) is 0 Å². The number of amides is 1. The van der Waals surface area contributed by atoms with E-state index in [1.165, 1.54) is 8.99 Å². The average Bonchev–Trinajstić information content (AvgIpc) is 3.02. The van der Waals surface area contributed by atoms with Crippen LogP contribution >= 0.6 is 0 Å². The molecule has 0 spiro atoms. The summed E-state index contributed by atoms with van der Waals surface area (Å²) in [4.78, 5) is 24.5. The number of aromatic nitrogens is 2. The second-order valence-corrected chi connectivity index (χ2v) is 9.17. The van der Waals surface area contributed by atoms with Gasteiger partial charge in [0.2, 0.25) is 15.9 Å². The minimum absolute atomic E-state index is 0.158. The Bertz CT molecular complexity index is 1060. The highest BCUT2D eigenvalue weighted by atomic mass is 32.2. The lowest BCUT2D eigenvalue weighted by atomic mass is 9.97. The monoisotopic (exact) mass is 402 g/mol. The Morgan fingerprint density at radius 1 is 1.11 bits per heavy atom. The number of sulfonamides is 1. The molecular formula is C19H22N4O4S. The number of aryl methyl sites for hydroxylation is 2. The van der Waals surface area contributed by atoms with Crippen LogP contribution in [-0.4, -0.2) is 36.4 Å². The van der Waals surface area contributed by atoms with E-state index >= 15 is 0 Å². The van der Waals surface area contributed by atoms with Crippen LogP contribution < -0.4 is 15.2 Å². The largest absolute Gasteiger partial charge is 0.324 e. The van der Waals surface area contributed by atoms with Crippen LogP contribution in [-0.2, 0) is 34.2 Å². The van der Waals surface area contributed by atoms with Gasteiger partial charge < -0.3 is 5.32 Å². The molecule has 0 bridgehead atoms. The Hall–Kier alpha value is -2.68. The SMILES string of the molecule is O=C(Cn1nc2c(cc1=O)CCCC2)Nc1ccc(N2CCCS2(=O)=O)cc1. The molecule has 0 radical (unpaired) electrons. The second-order valence-electron chi connectivity index (χ2n) is 7.16. The van der Waals surface area contributed by atoms with Gasteiger partial charge in [-0.15, -0.1) is 0 Å². The fourth-order valence-corrected chi connectivity index (χ4v) is 5.26. The Morgan fingerprint density at radius 3 is 2.57 bits per heavy atom. The molecule has 0 saturated carbocycles. The van der Waals surface area contributed by atoms with Crippen LogP contribution in [0.1, 0.15) is 30.5 Å². The molecule has 2 aromatic rings. The number of nitrogens with one attached hydrogen (secondary N) is 1. The van der Waals surface area contributed by atoms with Crippen molar-refractivity contribution in [2.45, 2.75) is 38.6 Å². The second kappa shape index (κ2) is 7.38. The van der Waals surface area contributed by atoms with Gasteiger partial charge in [0, 0.05) is 18.3 Å². The fraction of sp³-hybridized carbons (Fsp3) is 0.421. The van der Waals surface area contributed by atoms with Gasteiger partial charge in [0.15, 0.2) is 0 Å². The fourth-order valence-electron chi connectivity index (χ4n) is 3.69. The number of hydrogen-bond acceptors (Lipinski definition) is 5. The van der Waals surface area contributed by atoms with Crippen LogP contribution in [0.3, 0.4) is 0 Å². The maximum atomic E-state index is 12.3. The predicted molar refractivity (Wildman–Crippen MR) is 106 cm³/mol. The van der Waals surface area contributed by atoms with E-state index in [0.717, 1.165) is 36.9 Å². The van der Waals surface area contributed by atoms with Crippen molar-refractivity contribution in [2.24, 2.45) is 0 Å². The van der Waals surface area contributed by atoms with Gasteiger partial charge in [-0.3, -0.25) is 13.9 Å². The van der Waals surface area contributed by atoms with Crippen LogP contribution in [0.15, 0.2) is 35.1 Å². The van der Waals surface area contributed by atoms with Gasteiger partial charge in [0.1, 0.15) is 6.54 Å². The molecule has 1 saturated heterocycles. The average molecular weight is 402 g/mol. The molecule has 8 nitrogen and oxygen atoms in total. The van der Waals surface area contributed by atoms with Crippen molar-refractivity contribution in [1.82, 2.24) is 9.78 Å². The number of carbonyl (C=O) groups is 1. The lowest BCUT2D eigenvalue weighted by Crippen LogP contribution is -2.31. The van der Waals surface area contributed by atoms with Crippen LogP contribution in [0.25, 0.3) is 0 Å². The van der Waals surface area contributed by atoms with Crippen molar-refractivity contribution in [3.63, 3.8) is 0 Å². The zero-order chi connectivity index (χ0) is 19.7. The Kier molecular flexibility index (Phi) is 4.92. The van der Waals surface area contributed by atoms with Crippen molar-refractivity contribution in [2.75, 3.05) is 21.9 Å². The molecule has 0 atom stereocenters. The Balaban J connectivity index is 1.44. The standard InChI is InChI=1S/C19H22N4O4S/c24-18(13-22-19(25)12-14-4-1-2-5-17(14)21-22)20-15-6-8-16(9-7-15)23-10-3-11-28(23,26)27/h6-9,12H,1-5,10-11,13H2,(H,20,24). The summed E-state index contributed by atoms with van der Waals surface area (Å²) in [5, 5.41) is 7.08. The molecule has 1 N–H and O–H groups in total. The lowest BCUT2D eigenvalue weighted by Gasteiger charge is -2.17. The molecule has 9 heteroatoms.